The highest BCUT2D eigenvalue weighted by atomic mass is 35.5. The van der Waals surface area contributed by atoms with Crippen molar-refractivity contribution < 1.29 is 19.2 Å². The second-order valence-corrected chi connectivity index (χ2v) is 17.2. The molecule has 5 aliphatic rings. The summed E-state index contributed by atoms with van der Waals surface area (Å²) in [6.07, 6.45) is 8.24. The molecular weight excluding hydrogens is 764 g/mol. The van der Waals surface area contributed by atoms with Gasteiger partial charge in [0.2, 0.25) is 23.7 Å². The molecule has 4 aromatic rings. The lowest BCUT2D eigenvalue weighted by molar-refractivity contribution is -0.137. The molecule has 0 aliphatic carbocycles. The van der Waals surface area contributed by atoms with Crippen LogP contribution in [0.5, 0.6) is 0 Å². The molecule has 0 saturated carbocycles. The van der Waals surface area contributed by atoms with Crippen molar-refractivity contribution in [3.63, 3.8) is 0 Å². The number of anilines is 1. The number of hydrogen-bond acceptors (Lipinski definition) is 9. The molecule has 9 rings (SSSR count). The molecule has 59 heavy (non-hydrogen) atoms. The van der Waals surface area contributed by atoms with Gasteiger partial charge in [-0.1, -0.05) is 72.3 Å². The molecule has 0 radical (unpaired) electrons. The van der Waals surface area contributed by atoms with Gasteiger partial charge < -0.3 is 20.0 Å². The summed E-state index contributed by atoms with van der Waals surface area (Å²) >= 11 is 6.60. The first-order valence-corrected chi connectivity index (χ1v) is 21.6. The first-order valence-electron chi connectivity index (χ1n) is 21.2. The molecule has 4 amide bonds. The van der Waals surface area contributed by atoms with Gasteiger partial charge >= 0.3 is 0 Å². The third-order valence-corrected chi connectivity index (χ3v) is 13.4. The van der Waals surface area contributed by atoms with Gasteiger partial charge in [0.05, 0.1) is 23.5 Å². The number of nitrogens with zero attached hydrogens (tertiary/aromatic N) is 6. The molecule has 0 bridgehead atoms. The summed E-state index contributed by atoms with van der Waals surface area (Å²) in [4.78, 5) is 68.6. The highest BCUT2D eigenvalue weighted by Crippen LogP contribution is 2.35. The average molecular weight is 815 g/mol. The summed E-state index contributed by atoms with van der Waals surface area (Å²) in [5.74, 6) is 0.426. The molecule has 4 saturated heterocycles. The Kier molecular flexibility index (Phi) is 11.5. The predicted molar refractivity (Wildman–Crippen MR) is 227 cm³/mol. The molecule has 1 aromatic heterocycles. The van der Waals surface area contributed by atoms with E-state index in [9.17, 15) is 19.2 Å². The molecule has 4 fully saturated rings. The SMILES string of the molecule is O=C1CCC(N2Cc3cc(C4CCN(C5CCN(CC(=O)N6CCC(Nc7ncc(Cl)c(-c8cccc(-c9ccccc9)c8)n7)CC6)CC5)CC4)ccc3C2=O)C(=O)N1. The maximum Gasteiger partial charge on any atom is 0.255 e. The number of halogens is 1. The van der Waals surface area contributed by atoms with Crippen LogP contribution in [0.3, 0.4) is 0 Å². The van der Waals surface area contributed by atoms with E-state index in [2.05, 4.69) is 61.8 Å². The van der Waals surface area contributed by atoms with Gasteiger partial charge in [-0.3, -0.25) is 29.4 Å². The van der Waals surface area contributed by atoms with Gasteiger partial charge in [-0.2, -0.15) is 0 Å². The van der Waals surface area contributed by atoms with Crippen molar-refractivity contribution >= 4 is 41.2 Å². The van der Waals surface area contributed by atoms with E-state index in [1.807, 2.05) is 41.3 Å². The minimum Gasteiger partial charge on any atom is -0.351 e. The van der Waals surface area contributed by atoms with Crippen molar-refractivity contribution in [3.05, 3.63) is 101 Å². The number of amides is 4. The van der Waals surface area contributed by atoms with Crippen LogP contribution in [0.4, 0.5) is 5.95 Å². The smallest absolute Gasteiger partial charge is 0.255 e. The molecule has 5 aliphatic heterocycles. The van der Waals surface area contributed by atoms with E-state index in [0.717, 1.165) is 87.0 Å². The molecule has 12 nitrogen and oxygen atoms in total. The van der Waals surface area contributed by atoms with Gasteiger partial charge in [0.25, 0.3) is 5.91 Å². The van der Waals surface area contributed by atoms with Crippen LogP contribution in [0.15, 0.2) is 79.0 Å². The summed E-state index contributed by atoms with van der Waals surface area (Å²) in [6, 6.07) is 24.8. The minimum absolute atomic E-state index is 0.122. The third-order valence-electron chi connectivity index (χ3n) is 13.1. The molecule has 13 heteroatoms. The summed E-state index contributed by atoms with van der Waals surface area (Å²) in [7, 11) is 0. The van der Waals surface area contributed by atoms with Gasteiger partial charge in [0.15, 0.2) is 0 Å². The molecule has 3 aromatic carbocycles. The van der Waals surface area contributed by atoms with E-state index in [1.54, 1.807) is 11.1 Å². The van der Waals surface area contributed by atoms with Crippen LogP contribution in [-0.2, 0) is 20.9 Å². The van der Waals surface area contributed by atoms with E-state index in [4.69, 9.17) is 16.6 Å². The molecule has 306 valence electrons. The van der Waals surface area contributed by atoms with Gasteiger partial charge in [-0.05, 0) is 98.3 Å². The number of piperidine rings is 4. The van der Waals surface area contributed by atoms with E-state index < -0.39 is 6.04 Å². The number of benzene rings is 3. The second kappa shape index (κ2) is 17.2. The topological polar surface area (TPSA) is 131 Å². The van der Waals surface area contributed by atoms with Crippen LogP contribution < -0.4 is 10.6 Å². The van der Waals surface area contributed by atoms with E-state index in [0.29, 0.717) is 66.8 Å². The zero-order valence-electron chi connectivity index (χ0n) is 33.3. The molecule has 2 N–H and O–H groups in total. The average Bonchev–Trinajstić information content (AvgIpc) is 3.60. The van der Waals surface area contributed by atoms with Crippen LogP contribution >= 0.6 is 11.6 Å². The van der Waals surface area contributed by atoms with Crippen LogP contribution in [0.25, 0.3) is 22.4 Å². The standard InChI is InChI=1S/C46H51ClN8O4/c47-39-27-48-46(51-43(39)34-8-4-7-32(25-34)30-5-2-1-3-6-30)49-36-15-23-54(24-16-36)42(57)29-52-19-17-37(18-20-52)53-21-13-31(14-22-53)33-9-10-38-35(26-33)28-55(45(38)59)40-11-12-41(56)50-44(40)58/h1-10,25-27,31,36-37,40H,11-24,28-29H2,(H,48,49,51)(H,50,56,58). The number of aromatic nitrogens is 2. The number of nitrogens with one attached hydrogen (secondary N) is 2. The fourth-order valence-corrected chi connectivity index (χ4v) is 9.95. The highest BCUT2D eigenvalue weighted by molar-refractivity contribution is 6.33. The quantitative estimate of drug-likeness (QED) is 0.196. The van der Waals surface area contributed by atoms with Gasteiger partial charge in [-0.15, -0.1) is 0 Å². The number of fused-ring (bicyclic) bond motifs is 1. The first kappa shape index (κ1) is 39.3. The Balaban J connectivity index is 0.705. The largest absolute Gasteiger partial charge is 0.351 e. The zero-order chi connectivity index (χ0) is 40.5. The molecule has 1 atom stereocenters. The van der Waals surface area contributed by atoms with Crippen LogP contribution in [0, 0.1) is 0 Å². The Morgan fingerprint density at radius 3 is 2.31 bits per heavy atom. The monoisotopic (exact) mass is 814 g/mol. The van der Waals surface area contributed by atoms with Crippen molar-refractivity contribution in [1.82, 2.24) is 34.9 Å². The van der Waals surface area contributed by atoms with Gasteiger partial charge in [0.1, 0.15) is 6.04 Å². The number of carbonyl (C=O) groups is 4. The Labute approximate surface area is 350 Å². The third kappa shape index (κ3) is 8.62. The Hall–Kier alpha value is -5.17. The van der Waals surface area contributed by atoms with E-state index in [1.165, 1.54) is 5.56 Å². The Morgan fingerprint density at radius 2 is 1.54 bits per heavy atom. The summed E-state index contributed by atoms with van der Waals surface area (Å²) in [5.41, 5.74) is 6.78. The first-order chi connectivity index (χ1) is 28.8. The predicted octanol–water partition coefficient (Wildman–Crippen LogP) is 5.97. The maximum atomic E-state index is 13.4. The van der Waals surface area contributed by atoms with Gasteiger partial charge in [-0.25, -0.2) is 9.97 Å². The summed E-state index contributed by atoms with van der Waals surface area (Å²) in [5, 5.41) is 6.40. The molecule has 1 unspecified atom stereocenters. The number of carbonyl (C=O) groups excluding carboxylic acids is 4. The normalized spacial score (nSPS) is 21.4. The number of imide groups is 1. The van der Waals surface area contributed by atoms with Crippen LogP contribution in [0.1, 0.15) is 78.8 Å². The van der Waals surface area contributed by atoms with Gasteiger partial charge in [0, 0.05) is 62.4 Å². The number of likely N-dealkylation sites (tertiary alicyclic amines) is 3. The second-order valence-electron chi connectivity index (χ2n) is 16.8. The molecular formula is C46H51ClN8O4. The van der Waals surface area contributed by atoms with Crippen molar-refractivity contribution in [2.24, 2.45) is 0 Å². The fourth-order valence-electron chi connectivity index (χ4n) is 9.75. The minimum atomic E-state index is -0.591. The van der Waals surface area contributed by atoms with E-state index >= 15 is 0 Å². The Morgan fingerprint density at radius 1 is 0.797 bits per heavy atom. The van der Waals surface area contributed by atoms with E-state index in [-0.39, 0.29) is 36.1 Å². The van der Waals surface area contributed by atoms with Crippen molar-refractivity contribution in [1.29, 1.82) is 0 Å². The number of hydrogen-bond donors (Lipinski definition) is 2. The lowest BCUT2D eigenvalue weighted by atomic mass is 9.86. The maximum absolute atomic E-state index is 13.4. The summed E-state index contributed by atoms with van der Waals surface area (Å²) < 4.78 is 0. The molecule has 6 heterocycles. The lowest BCUT2D eigenvalue weighted by Gasteiger charge is -2.42. The van der Waals surface area contributed by atoms with Crippen molar-refractivity contribution in [2.45, 2.75) is 82.0 Å². The zero-order valence-corrected chi connectivity index (χ0v) is 34.1. The van der Waals surface area contributed by atoms with Crippen molar-refractivity contribution in [2.75, 3.05) is 51.1 Å². The van der Waals surface area contributed by atoms with Crippen molar-refractivity contribution in [3.8, 4) is 22.4 Å². The highest BCUT2D eigenvalue weighted by Gasteiger charge is 2.39. The number of rotatable bonds is 9. The van der Waals surface area contributed by atoms with Crippen LogP contribution in [0.2, 0.25) is 5.02 Å². The lowest BCUT2D eigenvalue weighted by Crippen LogP contribution is -2.52. The molecule has 0 spiro atoms. The van der Waals surface area contributed by atoms with Crippen LogP contribution in [-0.4, -0.2) is 117 Å². The summed E-state index contributed by atoms with van der Waals surface area (Å²) in [6.45, 7) is 6.25. The Bertz CT molecular complexity index is 2210. The fraction of sp³-hybridized carbons (Fsp3) is 0.435.